The number of esters is 1. The van der Waals surface area contributed by atoms with E-state index in [2.05, 4.69) is 32.9 Å². The summed E-state index contributed by atoms with van der Waals surface area (Å²) in [7, 11) is 1.36. The van der Waals surface area contributed by atoms with Gasteiger partial charge in [-0.05, 0) is 23.5 Å². The van der Waals surface area contributed by atoms with Crippen LogP contribution in [0.1, 0.15) is 38.8 Å². The Labute approximate surface area is 109 Å². The molecule has 0 aliphatic heterocycles. The van der Waals surface area contributed by atoms with Crippen molar-refractivity contribution in [2.24, 2.45) is 5.73 Å². The molecule has 0 radical (unpaired) electrons. The number of carbonyl (C=O) groups excluding carboxylic acids is 1. The second kappa shape index (κ2) is 5.11. The zero-order valence-corrected chi connectivity index (χ0v) is 11.9. The topological polar surface area (TPSA) is 52.3 Å². The van der Waals surface area contributed by atoms with Gasteiger partial charge in [0.25, 0.3) is 0 Å². The number of rotatable bonds is 3. The van der Waals surface area contributed by atoms with Crippen LogP contribution >= 0.6 is 0 Å². The van der Waals surface area contributed by atoms with Gasteiger partial charge in [0.15, 0.2) is 0 Å². The van der Waals surface area contributed by atoms with Gasteiger partial charge < -0.3 is 10.5 Å². The van der Waals surface area contributed by atoms with Crippen LogP contribution < -0.4 is 5.73 Å². The smallest absolute Gasteiger partial charge is 0.325 e. The first kappa shape index (κ1) is 14.7. The van der Waals surface area contributed by atoms with Gasteiger partial charge in [-0.3, -0.25) is 4.79 Å². The molecule has 3 nitrogen and oxygen atoms in total. The Kier molecular flexibility index (Phi) is 4.17. The second-order valence-corrected chi connectivity index (χ2v) is 6.03. The van der Waals surface area contributed by atoms with Gasteiger partial charge >= 0.3 is 5.97 Å². The van der Waals surface area contributed by atoms with E-state index in [-0.39, 0.29) is 11.4 Å². The minimum atomic E-state index is -0.974. The quantitative estimate of drug-likeness (QED) is 0.837. The Morgan fingerprint density at radius 1 is 1.17 bits per heavy atom. The number of ether oxygens (including phenoxy) is 1. The molecule has 2 N–H and O–H groups in total. The van der Waals surface area contributed by atoms with Gasteiger partial charge in [-0.25, -0.2) is 0 Å². The van der Waals surface area contributed by atoms with Crippen LogP contribution in [0, 0.1) is 0 Å². The van der Waals surface area contributed by atoms with Crippen LogP contribution in [0.25, 0.3) is 0 Å². The molecule has 0 saturated heterocycles. The van der Waals surface area contributed by atoms with Gasteiger partial charge in [-0.1, -0.05) is 45.0 Å². The molecule has 1 atom stereocenters. The van der Waals surface area contributed by atoms with E-state index in [0.29, 0.717) is 6.42 Å². The molecule has 3 heteroatoms. The molecule has 18 heavy (non-hydrogen) atoms. The molecule has 0 aromatic heterocycles. The van der Waals surface area contributed by atoms with Crippen LogP contribution in [0.2, 0.25) is 0 Å². The average Bonchev–Trinajstić information content (AvgIpc) is 2.26. The van der Waals surface area contributed by atoms with E-state index in [4.69, 9.17) is 10.5 Å². The molecular weight excluding hydrogens is 226 g/mol. The Balaban J connectivity index is 2.85. The van der Waals surface area contributed by atoms with Gasteiger partial charge in [-0.15, -0.1) is 0 Å². The maximum Gasteiger partial charge on any atom is 0.325 e. The van der Waals surface area contributed by atoms with Crippen molar-refractivity contribution in [3.05, 3.63) is 35.4 Å². The molecule has 0 fully saturated rings. The summed E-state index contributed by atoms with van der Waals surface area (Å²) in [5.74, 6) is -0.387. The Hall–Kier alpha value is -1.35. The summed E-state index contributed by atoms with van der Waals surface area (Å²) in [4.78, 5) is 11.5. The van der Waals surface area contributed by atoms with Crippen molar-refractivity contribution < 1.29 is 9.53 Å². The molecule has 1 unspecified atom stereocenters. The summed E-state index contributed by atoms with van der Waals surface area (Å²) < 4.78 is 4.70. The highest BCUT2D eigenvalue weighted by molar-refractivity contribution is 5.80. The lowest BCUT2D eigenvalue weighted by Crippen LogP contribution is -2.47. The zero-order chi connectivity index (χ0) is 14.0. The fraction of sp³-hybridized carbons (Fsp3) is 0.533. The van der Waals surface area contributed by atoms with Crippen molar-refractivity contribution in [2.75, 3.05) is 7.11 Å². The summed E-state index contributed by atoms with van der Waals surface area (Å²) in [6, 6.07) is 8.22. The molecule has 0 saturated carbocycles. The second-order valence-electron chi connectivity index (χ2n) is 6.03. The summed E-state index contributed by atoms with van der Waals surface area (Å²) in [6.07, 6.45) is 0.476. The summed E-state index contributed by atoms with van der Waals surface area (Å²) in [6.45, 7) is 8.20. The predicted molar refractivity (Wildman–Crippen MR) is 73.5 cm³/mol. The van der Waals surface area contributed by atoms with Crippen LogP contribution in [0.3, 0.4) is 0 Å². The predicted octanol–water partition coefficient (Wildman–Crippen LogP) is 2.42. The Bertz CT molecular complexity index is 413. The van der Waals surface area contributed by atoms with Crippen molar-refractivity contribution in [1.29, 1.82) is 0 Å². The normalized spacial score (nSPS) is 15.0. The van der Waals surface area contributed by atoms with Crippen molar-refractivity contribution in [3.63, 3.8) is 0 Å². The van der Waals surface area contributed by atoms with E-state index in [1.165, 1.54) is 12.7 Å². The minimum absolute atomic E-state index is 0.132. The molecule has 1 aromatic carbocycles. The van der Waals surface area contributed by atoms with Crippen LogP contribution in [-0.2, 0) is 21.4 Å². The van der Waals surface area contributed by atoms with Crippen LogP contribution in [0.15, 0.2) is 24.3 Å². The lowest BCUT2D eigenvalue weighted by atomic mass is 9.85. The van der Waals surface area contributed by atoms with E-state index in [1.54, 1.807) is 6.92 Å². The third-order valence-corrected chi connectivity index (χ3v) is 3.04. The number of nitrogens with two attached hydrogens (primary N) is 1. The first-order valence-corrected chi connectivity index (χ1v) is 6.13. The average molecular weight is 249 g/mol. The van der Waals surface area contributed by atoms with Crippen molar-refractivity contribution in [1.82, 2.24) is 0 Å². The molecule has 1 rings (SSSR count). The van der Waals surface area contributed by atoms with E-state index in [1.807, 2.05) is 12.1 Å². The van der Waals surface area contributed by atoms with Crippen molar-refractivity contribution in [2.45, 2.75) is 45.1 Å². The zero-order valence-electron chi connectivity index (χ0n) is 11.9. The summed E-state index contributed by atoms with van der Waals surface area (Å²) in [5.41, 5.74) is 7.42. The van der Waals surface area contributed by atoms with Gasteiger partial charge in [0.05, 0.1) is 7.11 Å². The molecule has 0 bridgehead atoms. The van der Waals surface area contributed by atoms with Crippen molar-refractivity contribution >= 4 is 5.97 Å². The highest BCUT2D eigenvalue weighted by Gasteiger charge is 2.29. The van der Waals surface area contributed by atoms with E-state index >= 15 is 0 Å². The third-order valence-electron chi connectivity index (χ3n) is 3.04. The summed E-state index contributed by atoms with van der Waals surface area (Å²) in [5, 5.41) is 0. The minimum Gasteiger partial charge on any atom is -0.468 e. The fourth-order valence-corrected chi connectivity index (χ4v) is 1.85. The third kappa shape index (κ3) is 3.57. The molecule has 0 heterocycles. The first-order chi connectivity index (χ1) is 8.16. The van der Waals surface area contributed by atoms with Crippen LogP contribution in [0.5, 0.6) is 0 Å². The molecule has 0 spiro atoms. The fourth-order valence-electron chi connectivity index (χ4n) is 1.85. The number of carbonyl (C=O) groups is 1. The maximum absolute atomic E-state index is 11.5. The molecular formula is C15H23NO2. The first-order valence-electron chi connectivity index (χ1n) is 6.13. The number of hydrogen-bond acceptors (Lipinski definition) is 3. The molecule has 0 aliphatic rings. The van der Waals surface area contributed by atoms with Gasteiger partial charge in [0.1, 0.15) is 5.54 Å². The lowest BCUT2D eigenvalue weighted by molar-refractivity contribution is -0.146. The largest absolute Gasteiger partial charge is 0.468 e. The Morgan fingerprint density at radius 2 is 1.67 bits per heavy atom. The van der Waals surface area contributed by atoms with Crippen LogP contribution in [0.4, 0.5) is 0 Å². The molecule has 0 aliphatic carbocycles. The van der Waals surface area contributed by atoms with Gasteiger partial charge in [0.2, 0.25) is 0 Å². The van der Waals surface area contributed by atoms with Crippen LogP contribution in [-0.4, -0.2) is 18.6 Å². The monoisotopic (exact) mass is 249 g/mol. The molecule has 100 valence electrons. The maximum atomic E-state index is 11.5. The highest BCUT2D eigenvalue weighted by atomic mass is 16.5. The SMILES string of the molecule is COC(=O)C(C)(N)Cc1ccc(C(C)(C)C)cc1. The van der Waals surface area contributed by atoms with Gasteiger partial charge in [-0.2, -0.15) is 0 Å². The van der Waals surface area contributed by atoms with E-state index in [0.717, 1.165) is 5.56 Å². The van der Waals surface area contributed by atoms with Gasteiger partial charge in [0, 0.05) is 6.42 Å². The Morgan fingerprint density at radius 3 is 2.06 bits per heavy atom. The van der Waals surface area contributed by atoms with E-state index in [9.17, 15) is 4.79 Å². The number of benzene rings is 1. The highest BCUT2D eigenvalue weighted by Crippen LogP contribution is 2.23. The molecule has 1 aromatic rings. The molecule has 0 amide bonds. The standard InChI is InChI=1S/C15H23NO2/c1-14(2,3)12-8-6-11(7-9-12)10-15(4,16)13(17)18-5/h6-9H,10,16H2,1-5H3. The number of methoxy groups -OCH3 is 1. The number of hydrogen-bond donors (Lipinski definition) is 1. The lowest BCUT2D eigenvalue weighted by Gasteiger charge is -2.23. The van der Waals surface area contributed by atoms with Crippen molar-refractivity contribution in [3.8, 4) is 0 Å². The van der Waals surface area contributed by atoms with E-state index < -0.39 is 5.54 Å². The summed E-state index contributed by atoms with van der Waals surface area (Å²) >= 11 is 0.